The van der Waals surface area contributed by atoms with Crippen molar-refractivity contribution in [1.29, 1.82) is 0 Å². The molecule has 0 aliphatic carbocycles. The van der Waals surface area contributed by atoms with Crippen molar-refractivity contribution in [1.82, 2.24) is 10.0 Å². The number of sulfonamides is 1. The lowest BCUT2D eigenvalue weighted by Gasteiger charge is -2.08. The third kappa shape index (κ3) is 6.85. The molecule has 1 aromatic carbocycles. The third-order valence-electron chi connectivity index (χ3n) is 2.60. The molecule has 7 heteroatoms. The van der Waals surface area contributed by atoms with Crippen molar-refractivity contribution in [2.45, 2.75) is 5.75 Å². The van der Waals surface area contributed by atoms with Crippen molar-refractivity contribution in [3.8, 4) is 5.75 Å². The standard InChI is InChI=1S/C13H22N2O4S/c1-18-9-8-14-6-7-15-20(16,17)11-12-4-3-5-13(10-12)19-2/h3-5,10,14-15H,6-9,11H2,1-2H3. The molecule has 0 spiro atoms. The summed E-state index contributed by atoms with van der Waals surface area (Å²) in [4.78, 5) is 0. The summed E-state index contributed by atoms with van der Waals surface area (Å²) in [5, 5.41) is 3.07. The van der Waals surface area contributed by atoms with Gasteiger partial charge in [0.1, 0.15) is 5.75 Å². The zero-order chi connectivity index (χ0) is 14.8. The Morgan fingerprint density at radius 2 is 1.95 bits per heavy atom. The fraction of sp³-hybridized carbons (Fsp3) is 0.538. The fourth-order valence-corrected chi connectivity index (χ4v) is 2.76. The first-order chi connectivity index (χ1) is 9.57. The Bertz CT molecular complexity index is 491. The molecule has 0 aromatic heterocycles. The molecule has 0 atom stereocenters. The zero-order valence-corrected chi connectivity index (χ0v) is 12.7. The van der Waals surface area contributed by atoms with Gasteiger partial charge >= 0.3 is 0 Å². The topological polar surface area (TPSA) is 76.7 Å². The summed E-state index contributed by atoms with van der Waals surface area (Å²) in [6.45, 7) is 2.24. The lowest BCUT2D eigenvalue weighted by Crippen LogP contribution is -2.33. The first kappa shape index (κ1) is 16.9. The van der Waals surface area contributed by atoms with Gasteiger partial charge in [-0.05, 0) is 17.7 Å². The second kappa shape index (κ2) is 8.91. The molecule has 0 saturated heterocycles. The number of ether oxygens (including phenoxy) is 2. The van der Waals surface area contributed by atoms with Crippen LogP contribution in [0, 0.1) is 0 Å². The lowest BCUT2D eigenvalue weighted by atomic mass is 10.2. The summed E-state index contributed by atoms with van der Waals surface area (Å²) in [5.41, 5.74) is 0.698. The minimum Gasteiger partial charge on any atom is -0.497 e. The Kier molecular flexibility index (Phi) is 7.53. The van der Waals surface area contributed by atoms with Crippen molar-refractivity contribution < 1.29 is 17.9 Å². The van der Waals surface area contributed by atoms with Crippen LogP contribution >= 0.6 is 0 Å². The summed E-state index contributed by atoms with van der Waals surface area (Å²) in [6, 6.07) is 7.04. The van der Waals surface area contributed by atoms with Crippen LogP contribution in [0.5, 0.6) is 5.75 Å². The summed E-state index contributed by atoms with van der Waals surface area (Å²) >= 11 is 0. The normalized spacial score (nSPS) is 11.5. The van der Waals surface area contributed by atoms with Gasteiger partial charge in [-0.25, -0.2) is 13.1 Å². The highest BCUT2D eigenvalue weighted by atomic mass is 32.2. The number of benzene rings is 1. The summed E-state index contributed by atoms with van der Waals surface area (Å²) in [5.74, 6) is 0.598. The quantitative estimate of drug-likeness (QED) is 0.610. The van der Waals surface area contributed by atoms with Crippen LogP contribution in [-0.2, 0) is 20.5 Å². The summed E-state index contributed by atoms with van der Waals surface area (Å²) in [6.07, 6.45) is 0. The monoisotopic (exact) mass is 302 g/mol. The fourth-order valence-electron chi connectivity index (χ4n) is 1.63. The van der Waals surface area contributed by atoms with Gasteiger partial charge < -0.3 is 14.8 Å². The van der Waals surface area contributed by atoms with Crippen LogP contribution in [0.15, 0.2) is 24.3 Å². The minimum atomic E-state index is -3.33. The Balaban J connectivity index is 2.37. The molecular formula is C13H22N2O4S. The van der Waals surface area contributed by atoms with Crippen molar-refractivity contribution >= 4 is 10.0 Å². The van der Waals surface area contributed by atoms with Gasteiger partial charge in [-0.2, -0.15) is 0 Å². The van der Waals surface area contributed by atoms with E-state index in [0.29, 0.717) is 37.6 Å². The highest BCUT2D eigenvalue weighted by Crippen LogP contribution is 2.14. The molecule has 0 bridgehead atoms. The molecule has 6 nitrogen and oxygen atoms in total. The van der Waals surface area contributed by atoms with Gasteiger partial charge in [-0.1, -0.05) is 12.1 Å². The van der Waals surface area contributed by atoms with Crippen LogP contribution < -0.4 is 14.8 Å². The maximum Gasteiger partial charge on any atom is 0.215 e. The van der Waals surface area contributed by atoms with Crippen LogP contribution in [0.1, 0.15) is 5.56 Å². The number of rotatable bonds is 10. The first-order valence-corrected chi connectivity index (χ1v) is 8.02. The largest absolute Gasteiger partial charge is 0.497 e. The van der Waals surface area contributed by atoms with E-state index in [2.05, 4.69) is 10.0 Å². The van der Waals surface area contributed by atoms with Gasteiger partial charge in [0.05, 0.1) is 19.5 Å². The van der Waals surface area contributed by atoms with Crippen molar-refractivity contribution in [2.24, 2.45) is 0 Å². The average Bonchev–Trinajstić information content (AvgIpc) is 2.42. The molecule has 0 aliphatic rings. The molecule has 0 aliphatic heterocycles. The molecule has 0 unspecified atom stereocenters. The number of hydrogen-bond acceptors (Lipinski definition) is 5. The second-order valence-electron chi connectivity index (χ2n) is 4.25. The van der Waals surface area contributed by atoms with Gasteiger partial charge in [0.25, 0.3) is 0 Å². The molecule has 0 heterocycles. The van der Waals surface area contributed by atoms with Gasteiger partial charge in [-0.15, -0.1) is 0 Å². The molecule has 0 radical (unpaired) electrons. The Hall–Kier alpha value is -1.15. The van der Waals surface area contributed by atoms with E-state index in [4.69, 9.17) is 9.47 Å². The number of nitrogens with one attached hydrogen (secondary N) is 2. The third-order valence-corrected chi connectivity index (χ3v) is 3.95. The summed E-state index contributed by atoms with van der Waals surface area (Å²) < 4.78 is 36.3. The van der Waals surface area contributed by atoms with Gasteiger partial charge in [0.15, 0.2) is 0 Å². The highest BCUT2D eigenvalue weighted by molar-refractivity contribution is 7.88. The van der Waals surface area contributed by atoms with Crippen LogP contribution in [-0.4, -0.2) is 48.9 Å². The van der Waals surface area contributed by atoms with Gasteiger partial charge in [-0.3, -0.25) is 0 Å². The van der Waals surface area contributed by atoms with Gasteiger partial charge in [0.2, 0.25) is 10.0 Å². The molecule has 1 rings (SSSR count). The van der Waals surface area contributed by atoms with E-state index in [1.165, 1.54) is 0 Å². The zero-order valence-electron chi connectivity index (χ0n) is 11.9. The molecule has 0 saturated carbocycles. The molecule has 0 amide bonds. The van der Waals surface area contributed by atoms with Crippen molar-refractivity contribution in [2.75, 3.05) is 40.5 Å². The molecule has 1 aromatic rings. The Labute approximate surface area is 120 Å². The van der Waals surface area contributed by atoms with Gasteiger partial charge in [0, 0.05) is 26.7 Å². The maximum atomic E-state index is 11.9. The predicted molar refractivity (Wildman–Crippen MR) is 78.4 cm³/mol. The molecule has 2 N–H and O–H groups in total. The van der Waals surface area contributed by atoms with E-state index in [0.717, 1.165) is 0 Å². The van der Waals surface area contributed by atoms with E-state index in [1.54, 1.807) is 38.5 Å². The Morgan fingerprint density at radius 1 is 1.15 bits per heavy atom. The SMILES string of the molecule is COCCNCCNS(=O)(=O)Cc1cccc(OC)c1. The summed E-state index contributed by atoms with van der Waals surface area (Å²) in [7, 11) is -0.153. The highest BCUT2D eigenvalue weighted by Gasteiger charge is 2.11. The number of hydrogen-bond donors (Lipinski definition) is 2. The number of methoxy groups -OCH3 is 2. The van der Waals surface area contributed by atoms with E-state index in [-0.39, 0.29) is 5.75 Å². The van der Waals surface area contributed by atoms with E-state index in [9.17, 15) is 8.42 Å². The van der Waals surface area contributed by atoms with Crippen molar-refractivity contribution in [3.63, 3.8) is 0 Å². The van der Waals surface area contributed by atoms with Crippen molar-refractivity contribution in [3.05, 3.63) is 29.8 Å². The average molecular weight is 302 g/mol. The van der Waals surface area contributed by atoms with Crippen LogP contribution in [0.4, 0.5) is 0 Å². The van der Waals surface area contributed by atoms with E-state index in [1.807, 2.05) is 0 Å². The molecule has 0 fully saturated rings. The van der Waals surface area contributed by atoms with Crippen LogP contribution in [0.3, 0.4) is 0 Å². The predicted octanol–water partition coefficient (Wildman–Crippen LogP) is 0.351. The van der Waals surface area contributed by atoms with E-state index >= 15 is 0 Å². The second-order valence-corrected chi connectivity index (χ2v) is 6.05. The molecule has 20 heavy (non-hydrogen) atoms. The smallest absolute Gasteiger partial charge is 0.215 e. The van der Waals surface area contributed by atoms with E-state index < -0.39 is 10.0 Å². The molecular weight excluding hydrogens is 280 g/mol. The minimum absolute atomic E-state index is 0.0533. The lowest BCUT2D eigenvalue weighted by molar-refractivity contribution is 0.199. The Morgan fingerprint density at radius 3 is 2.65 bits per heavy atom. The molecule has 114 valence electrons. The van der Waals surface area contributed by atoms with Crippen LogP contribution in [0.2, 0.25) is 0 Å². The maximum absolute atomic E-state index is 11.9. The van der Waals surface area contributed by atoms with Crippen LogP contribution in [0.25, 0.3) is 0 Å². The first-order valence-electron chi connectivity index (χ1n) is 6.37.